The number of thioether (sulfide) groups is 1. The Balaban J connectivity index is 1.91. The lowest BCUT2D eigenvalue weighted by atomic mass is 10.0. The second-order valence-electron chi connectivity index (χ2n) is 4.31. The van der Waals surface area contributed by atoms with Crippen molar-refractivity contribution < 1.29 is 0 Å². The summed E-state index contributed by atoms with van der Waals surface area (Å²) in [5, 5.41) is 5.24. The van der Waals surface area contributed by atoms with Crippen molar-refractivity contribution in [2.24, 2.45) is 10.1 Å². The molecule has 4 nitrogen and oxygen atoms in total. The Morgan fingerprint density at radius 2 is 2.00 bits per heavy atom. The summed E-state index contributed by atoms with van der Waals surface area (Å²) in [7, 11) is 1.76. The largest absolute Gasteiger partial charge is 0.265 e. The first-order valence-electron chi connectivity index (χ1n) is 6.30. The summed E-state index contributed by atoms with van der Waals surface area (Å²) in [6.45, 7) is 0. The van der Waals surface area contributed by atoms with Gasteiger partial charge in [0, 0.05) is 30.8 Å². The Morgan fingerprint density at radius 1 is 1.15 bits per heavy atom. The summed E-state index contributed by atoms with van der Waals surface area (Å²) in [4.78, 5) is 8.26. The molecule has 0 amide bonds. The van der Waals surface area contributed by atoms with Gasteiger partial charge >= 0.3 is 0 Å². The normalized spacial score (nSPS) is 16.6. The molecule has 5 heteroatoms. The first-order chi connectivity index (χ1) is 9.86. The third-order valence-corrected chi connectivity index (χ3v) is 3.99. The number of hydrazone groups is 1. The minimum Gasteiger partial charge on any atom is -0.265 e. The third kappa shape index (κ3) is 2.72. The van der Waals surface area contributed by atoms with Gasteiger partial charge in [0.25, 0.3) is 0 Å². The number of nitrogens with one attached hydrogen (secondary N) is 1. The van der Waals surface area contributed by atoms with Gasteiger partial charge in [-0.05, 0) is 23.3 Å². The Labute approximate surface area is 122 Å². The molecule has 0 fully saturated rings. The third-order valence-electron chi connectivity index (χ3n) is 3.03. The number of hydrogen-bond donors (Lipinski definition) is 1. The molecule has 0 saturated carbocycles. The second-order valence-corrected chi connectivity index (χ2v) is 5.27. The number of pyridine rings is 1. The van der Waals surface area contributed by atoms with Gasteiger partial charge in [-0.1, -0.05) is 36.0 Å². The molecule has 0 aliphatic carbocycles. The van der Waals surface area contributed by atoms with E-state index >= 15 is 0 Å². The van der Waals surface area contributed by atoms with Crippen LogP contribution in [0.1, 0.15) is 5.56 Å². The van der Waals surface area contributed by atoms with Crippen LogP contribution in [0, 0.1) is 0 Å². The highest BCUT2D eigenvalue weighted by Gasteiger charge is 2.12. The van der Waals surface area contributed by atoms with E-state index in [1.807, 2.05) is 18.3 Å². The molecule has 3 rings (SSSR count). The Bertz CT molecular complexity index is 665. The lowest BCUT2D eigenvalue weighted by molar-refractivity contribution is 1.03. The molecule has 0 spiro atoms. The standard InChI is InChI=1S/C15H14N4S/c1-16-15-19-18-14(10-20-15)12-5-2-4-11(8-12)13-6-3-7-17-9-13/h2-9H,10H2,1H3,(H,16,19). The van der Waals surface area contributed by atoms with Gasteiger partial charge in [-0.25, -0.2) is 0 Å². The fourth-order valence-electron chi connectivity index (χ4n) is 1.99. The zero-order valence-corrected chi connectivity index (χ0v) is 11.9. The number of nitrogens with zero attached hydrogens (tertiary/aromatic N) is 3. The van der Waals surface area contributed by atoms with Crippen LogP contribution in [0.5, 0.6) is 0 Å². The molecular weight excluding hydrogens is 268 g/mol. The molecule has 0 radical (unpaired) electrons. The predicted octanol–water partition coefficient (Wildman–Crippen LogP) is 2.77. The lowest BCUT2D eigenvalue weighted by Crippen LogP contribution is -2.25. The van der Waals surface area contributed by atoms with E-state index in [1.165, 1.54) is 0 Å². The maximum absolute atomic E-state index is 4.39. The van der Waals surface area contributed by atoms with Gasteiger partial charge in [-0.2, -0.15) is 5.10 Å². The van der Waals surface area contributed by atoms with Crippen molar-refractivity contribution in [3.63, 3.8) is 0 Å². The van der Waals surface area contributed by atoms with Gasteiger partial charge in [-0.15, -0.1) is 0 Å². The molecule has 1 N–H and O–H groups in total. The van der Waals surface area contributed by atoms with Crippen LogP contribution in [0.3, 0.4) is 0 Å². The monoisotopic (exact) mass is 282 g/mol. The number of rotatable bonds is 2. The van der Waals surface area contributed by atoms with E-state index in [9.17, 15) is 0 Å². The van der Waals surface area contributed by atoms with E-state index in [0.29, 0.717) is 0 Å². The molecule has 0 saturated heterocycles. The molecule has 1 aliphatic rings. The van der Waals surface area contributed by atoms with Crippen molar-refractivity contribution in [3.05, 3.63) is 54.4 Å². The molecule has 20 heavy (non-hydrogen) atoms. The number of aromatic nitrogens is 1. The van der Waals surface area contributed by atoms with E-state index in [1.54, 1.807) is 25.0 Å². The summed E-state index contributed by atoms with van der Waals surface area (Å²) < 4.78 is 0. The number of aliphatic imine (C=N–C) groups is 1. The van der Waals surface area contributed by atoms with Crippen molar-refractivity contribution in [1.82, 2.24) is 10.4 Å². The van der Waals surface area contributed by atoms with Crippen LogP contribution in [-0.4, -0.2) is 28.7 Å². The van der Waals surface area contributed by atoms with Crippen LogP contribution < -0.4 is 5.43 Å². The average molecular weight is 282 g/mol. The van der Waals surface area contributed by atoms with Gasteiger partial charge < -0.3 is 0 Å². The second kappa shape index (κ2) is 5.88. The smallest absolute Gasteiger partial charge is 0.177 e. The molecule has 0 bridgehead atoms. The Morgan fingerprint density at radius 3 is 2.70 bits per heavy atom. The van der Waals surface area contributed by atoms with Crippen LogP contribution in [0.25, 0.3) is 11.1 Å². The van der Waals surface area contributed by atoms with Gasteiger partial charge in [0.15, 0.2) is 5.17 Å². The van der Waals surface area contributed by atoms with E-state index in [4.69, 9.17) is 0 Å². The van der Waals surface area contributed by atoms with Gasteiger partial charge in [0.05, 0.1) is 5.71 Å². The van der Waals surface area contributed by atoms with Crippen molar-refractivity contribution in [2.45, 2.75) is 0 Å². The Kier molecular flexibility index (Phi) is 3.78. The predicted molar refractivity (Wildman–Crippen MR) is 85.2 cm³/mol. The summed E-state index contributed by atoms with van der Waals surface area (Å²) in [6, 6.07) is 12.4. The quantitative estimate of drug-likeness (QED) is 0.921. The Hall–Kier alpha value is -2.14. The van der Waals surface area contributed by atoms with Crippen LogP contribution in [0.2, 0.25) is 0 Å². The number of benzene rings is 1. The lowest BCUT2D eigenvalue weighted by Gasteiger charge is -2.14. The summed E-state index contributed by atoms with van der Waals surface area (Å²) in [5.74, 6) is 0.830. The maximum Gasteiger partial charge on any atom is 0.177 e. The summed E-state index contributed by atoms with van der Waals surface area (Å²) >= 11 is 1.66. The van der Waals surface area contributed by atoms with Crippen LogP contribution in [0.4, 0.5) is 0 Å². The highest BCUT2D eigenvalue weighted by atomic mass is 32.2. The molecule has 1 aromatic carbocycles. The molecule has 2 aromatic rings. The van der Waals surface area contributed by atoms with Crippen molar-refractivity contribution in [2.75, 3.05) is 12.8 Å². The minimum atomic E-state index is 0.830. The van der Waals surface area contributed by atoms with E-state index in [-0.39, 0.29) is 0 Å². The fourth-order valence-corrected chi connectivity index (χ4v) is 2.73. The van der Waals surface area contributed by atoms with Crippen LogP contribution in [-0.2, 0) is 0 Å². The number of hydrogen-bond acceptors (Lipinski definition) is 4. The molecule has 0 atom stereocenters. The highest BCUT2D eigenvalue weighted by molar-refractivity contribution is 8.14. The van der Waals surface area contributed by atoms with Crippen molar-refractivity contribution in [1.29, 1.82) is 0 Å². The van der Waals surface area contributed by atoms with E-state index in [0.717, 1.165) is 33.3 Å². The van der Waals surface area contributed by atoms with Gasteiger partial charge in [0.1, 0.15) is 0 Å². The van der Waals surface area contributed by atoms with E-state index < -0.39 is 0 Å². The maximum atomic E-state index is 4.39. The average Bonchev–Trinajstić information content (AvgIpc) is 2.56. The highest BCUT2D eigenvalue weighted by Crippen LogP contribution is 2.21. The molecule has 2 heterocycles. The molecule has 1 aliphatic heterocycles. The molecule has 1 aromatic heterocycles. The zero-order valence-electron chi connectivity index (χ0n) is 11.1. The summed E-state index contributed by atoms with van der Waals surface area (Å²) in [5.41, 5.74) is 7.39. The van der Waals surface area contributed by atoms with Crippen molar-refractivity contribution in [3.8, 4) is 11.1 Å². The van der Waals surface area contributed by atoms with Crippen LogP contribution in [0.15, 0.2) is 58.9 Å². The summed E-state index contributed by atoms with van der Waals surface area (Å²) in [6.07, 6.45) is 3.65. The first-order valence-corrected chi connectivity index (χ1v) is 7.28. The van der Waals surface area contributed by atoms with Crippen molar-refractivity contribution >= 4 is 22.6 Å². The van der Waals surface area contributed by atoms with Crippen LogP contribution >= 0.6 is 11.8 Å². The first kappa shape index (κ1) is 12.9. The number of amidine groups is 1. The molecule has 0 unspecified atom stereocenters. The fraction of sp³-hybridized carbons (Fsp3) is 0.133. The zero-order chi connectivity index (χ0) is 13.8. The van der Waals surface area contributed by atoms with Gasteiger partial charge in [-0.3, -0.25) is 15.4 Å². The SMILES string of the molecule is CN=C1NN=C(c2cccc(-c3cccnc3)c2)CS1. The molecule has 100 valence electrons. The van der Waals surface area contributed by atoms with Gasteiger partial charge in [0.2, 0.25) is 0 Å². The topological polar surface area (TPSA) is 49.6 Å². The molecular formula is C15H14N4S. The van der Waals surface area contributed by atoms with E-state index in [2.05, 4.69) is 44.8 Å². The minimum absolute atomic E-state index is 0.830.